The number of amides is 2. The number of thioether (sulfide) groups is 1. The fourth-order valence-electron chi connectivity index (χ4n) is 2.79. The maximum Gasteiger partial charge on any atom is 0.335 e. The molecule has 156 valence electrons. The molecular weight excluding hydrogens is 430 g/mol. The van der Waals surface area contributed by atoms with Crippen LogP contribution in [0, 0.1) is 0 Å². The van der Waals surface area contributed by atoms with E-state index in [1.165, 1.54) is 24.1 Å². The van der Waals surface area contributed by atoms with Crippen molar-refractivity contribution >= 4 is 46.6 Å². The topological polar surface area (TPSA) is 93.1 Å². The van der Waals surface area contributed by atoms with Gasteiger partial charge in [0.05, 0.1) is 22.6 Å². The van der Waals surface area contributed by atoms with E-state index in [1.54, 1.807) is 37.3 Å². The summed E-state index contributed by atoms with van der Waals surface area (Å²) in [5.74, 6) is -0.654. The van der Waals surface area contributed by atoms with Crippen LogP contribution in [0.25, 0.3) is 6.08 Å². The fraction of sp³-hybridized carbons (Fsp3) is 0.190. The van der Waals surface area contributed by atoms with Crippen LogP contribution in [0.4, 0.5) is 4.79 Å². The third-order valence-corrected chi connectivity index (χ3v) is 5.51. The summed E-state index contributed by atoms with van der Waals surface area (Å²) >= 11 is 7.25. The number of carboxylic acids is 1. The zero-order valence-electron chi connectivity index (χ0n) is 16.2. The predicted octanol–water partition coefficient (Wildman–Crippen LogP) is 4.68. The smallest absolute Gasteiger partial charge is 0.335 e. The molecule has 2 aromatic rings. The number of methoxy groups -OCH3 is 1. The first-order valence-electron chi connectivity index (χ1n) is 8.92. The summed E-state index contributed by atoms with van der Waals surface area (Å²) in [4.78, 5) is 36.6. The SMILES string of the molecule is CCN1C(=O)S/C(=C\c2cc(Cl)c(OCc3ccc(C(=O)O)cc3)c(OC)c2)C1=O. The minimum atomic E-state index is -1.00. The van der Waals surface area contributed by atoms with Gasteiger partial charge in [-0.2, -0.15) is 0 Å². The quantitative estimate of drug-likeness (QED) is 0.616. The van der Waals surface area contributed by atoms with Gasteiger partial charge in [0.15, 0.2) is 11.5 Å². The van der Waals surface area contributed by atoms with Gasteiger partial charge in [0.2, 0.25) is 0 Å². The second-order valence-corrected chi connectivity index (χ2v) is 7.65. The average molecular weight is 448 g/mol. The highest BCUT2D eigenvalue weighted by molar-refractivity contribution is 8.18. The molecule has 0 atom stereocenters. The van der Waals surface area contributed by atoms with Crippen molar-refractivity contribution in [3.63, 3.8) is 0 Å². The van der Waals surface area contributed by atoms with Crippen LogP contribution >= 0.6 is 23.4 Å². The second kappa shape index (κ2) is 9.23. The molecule has 3 rings (SSSR count). The third kappa shape index (κ3) is 4.60. The highest BCUT2D eigenvalue weighted by Gasteiger charge is 2.33. The number of aromatic carboxylic acids is 1. The summed E-state index contributed by atoms with van der Waals surface area (Å²) in [6.07, 6.45) is 1.59. The lowest BCUT2D eigenvalue weighted by Crippen LogP contribution is -2.27. The van der Waals surface area contributed by atoms with Gasteiger partial charge >= 0.3 is 5.97 Å². The van der Waals surface area contributed by atoms with Gasteiger partial charge < -0.3 is 14.6 Å². The summed E-state index contributed by atoms with van der Waals surface area (Å²) < 4.78 is 11.2. The van der Waals surface area contributed by atoms with Crippen molar-refractivity contribution in [2.75, 3.05) is 13.7 Å². The Morgan fingerprint density at radius 3 is 2.50 bits per heavy atom. The fourth-order valence-corrected chi connectivity index (χ4v) is 3.96. The second-order valence-electron chi connectivity index (χ2n) is 6.25. The molecule has 1 N–H and O–H groups in total. The molecule has 9 heteroatoms. The van der Waals surface area contributed by atoms with Gasteiger partial charge in [0.1, 0.15) is 6.61 Å². The number of ether oxygens (including phenoxy) is 2. The maximum absolute atomic E-state index is 12.3. The van der Waals surface area contributed by atoms with Crippen molar-refractivity contribution in [2.45, 2.75) is 13.5 Å². The van der Waals surface area contributed by atoms with Crippen molar-refractivity contribution in [3.05, 3.63) is 63.0 Å². The van der Waals surface area contributed by atoms with Gasteiger partial charge in [-0.25, -0.2) is 4.79 Å². The molecule has 0 aliphatic carbocycles. The number of nitrogens with zero attached hydrogens (tertiary/aromatic N) is 1. The number of benzene rings is 2. The normalized spacial score (nSPS) is 15.0. The van der Waals surface area contributed by atoms with Gasteiger partial charge in [0, 0.05) is 6.54 Å². The van der Waals surface area contributed by atoms with Crippen LogP contribution in [0.5, 0.6) is 11.5 Å². The largest absolute Gasteiger partial charge is 0.493 e. The van der Waals surface area contributed by atoms with Gasteiger partial charge in [-0.3, -0.25) is 14.5 Å². The van der Waals surface area contributed by atoms with Gasteiger partial charge in [-0.1, -0.05) is 23.7 Å². The first-order valence-corrected chi connectivity index (χ1v) is 10.1. The van der Waals surface area contributed by atoms with Crippen molar-refractivity contribution in [2.24, 2.45) is 0 Å². The molecule has 1 heterocycles. The number of hydrogen-bond donors (Lipinski definition) is 1. The van der Waals surface area contributed by atoms with Gasteiger partial charge in [-0.05, 0) is 60.2 Å². The predicted molar refractivity (Wildman–Crippen MR) is 114 cm³/mol. The number of halogens is 1. The molecule has 0 saturated carbocycles. The van der Waals surface area contributed by atoms with Crippen LogP contribution in [-0.2, 0) is 11.4 Å². The van der Waals surface area contributed by atoms with E-state index in [9.17, 15) is 14.4 Å². The summed E-state index contributed by atoms with van der Waals surface area (Å²) in [5.41, 5.74) is 1.54. The minimum Gasteiger partial charge on any atom is -0.493 e. The van der Waals surface area contributed by atoms with Gasteiger partial charge in [-0.15, -0.1) is 0 Å². The first-order chi connectivity index (χ1) is 14.3. The number of likely N-dealkylation sites (N-methyl/N-ethyl adjacent to an activating group) is 1. The lowest BCUT2D eigenvalue weighted by Gasteiger charge is -2.14. The van der Waals surface area contributed by atoms with E-state index in [2.05, 4.69) is 0 Å². The van der Waals surface area contributed by atoms with Crippen LogP contribution in [0.2, 0.25) is 5.02 Å². The monoisotopic (exact) mass is 447 g/mol. The van der Waals surface area contributed by atoms with Crippen molar-refractivity contribution in [3.8, 4) is 11.5 Å². The van der Waals surface area contributed by atoms with Crippen LogP contribution < -0.4 is 9.47 Å². The molecule has 0 radical (unpaired) electrons. The van der Waals surface area contributed by atoms with E-state index in [0.29, 0.717) is 28.5 Å². The lowest BCUT2D eigenvalue weighted by atomic mass is 10.1. The number of hydrogen-bond acceptors (Lipinski definition) is 6. The zero-order chi connectivity index (χ0) is 21.8. The first kappa shape index (κ1) is 21.7. The number of carbonyl (C=O) groups excluding carboxylic acids is 2. The molecular formula is C21H18ClNO6S. The summed E-state index contributed by atoms with van der Waals surface area (Å²) in [6, 6.07) is 9.57. The summed E-state index contributed by atoms with van der Waals surface area (Å²) in [6.45, 7) is 2.21. The van der Waals surface area contributed by atoms with Crippen molar-refractivity contribution in [1.29, 1.82) is 0 Å². The molecule has 1 aliphatic rings. The van der Waals surface area contributed by atoms with Crippen LogP contribution in [-0.4, -0.2) is 40.8 Å². The minimum absolute atomic E-state index is 0.157. The Kier molecular flexibility index (Phi) is 6.69. The molecule has 0 unspecified atom stereocenters. The molecule has 1 aliphatic heterocycles. The van der Waals surface area contributed by atoms with E-state index in [1.807, 2.05) is 0 Å². The Balaban J connectivity index is 1.81. The molecule has 2 aromatic carbocycles. The summed E-state index contributed by atoms with van der Waals surface area (Å²) in [5, 5.41) is 8.93. The molecule has 0 bridgehead atoms. The highest BCUT2D eigenvalue weighted by atomic mass is 35.5. The van der Waals surface area contributed by atoms with Crippen molar-refractivity contribution < 1.29 is 29.0 Å². The molecule has 0 spiro atoms. The maximum atomic E-state index is 12.3. The zero-order valence-corrected chi connectivity index (χ0v) is 17.7. The lowest BCUT2D eigenvalue weighted by molar-refractivity contribution is -0.122. The Labute approximate surface area is 182 Å². The Morgan fingerprint density at radius 2 is 1.93 bits per heavy atom. The van der Waals surface area contributed by atoms with E-state index < -0.39 is 5.97 Å². The van der Waals surface area contributed by atoms with E-state index in [-0.39, 0.29) is 28.3 Å². The summed E-state index contributed by atoms with van der Waals surface area (Å²) in [7, 11) is 1.47. The highest BCUT2D eigenvalue weighted by Crippen LogP contribution is 2.39. The Hall–Kier alpha value is -2.97. The van der Waals surface area contributed by atoms with E-state index in [4.69, 9.17) is 26.2 Å². The number of carbonyl (C=O) groups is 3. The van der Waals surface area contributed by atoms with E-state index >= 15 is 0 Å². The van der Waals surface area contributed by atoms with Crippen LogP contribution in [0.3, 0.4) is 0 Å². The molecule has 1 saturated heterocycles. The average Bonchev–Trinajstić information content (AvgIpc) is 2.99. The Bertz CT molecular complexity index is 1030. The van der Waals surface area contributed by atoms with Gasteiger partial charge in [0.25, 0.3) is 11.1 Å². The van der Waals surface area contributed by atoms with Crippen LogP contribution in [0.1, 0.15) is 28.4 Å². The Morgan fingerprint density at radius 1 is 1.23 bits per heavy atom. The van der Waals surface area contributed by atoms with Crippen LogP contribution in [0.15, 0.2) is 41.3 Å². The number of imide groups is 1. The molecule has 0 aromatic heterocycles. The number of carboxylic acid groups (broad SMARTS) is 1. The van der Waals surface area contributed by atoms with E-state index in [0.717, 1.165) is 17.3 Å². The number of rotatable bonds is 7. The molecule has 7 nitrogen and oxygen atoms in total. The molecule has 2 amide bonds. The third-order valence-electron chi connectivity index (χ3n) is 4.32. The van der Waals surface area contributed by atoms with Crippen molar-refractivity contribution in [1.82, 2.24) is 4.90 Å². The molecule has 1 fully saturated rings. The standard InChI is InChI=1S/C21H18ClNO6S/c1-3-23-19(24)17(30-21(23)27)10-13-8-15(22)18(16(9-13)28-2)29-11-12-4-6-14(7-5-12)20(25)26/h4-10H,3,11H2,1-2H3,(H,25,26)/b17-10-. The molecule has 30 heavy (non-hydrogen) atoms.